The van der Waals surface area contributed by atoms with Gasteiger partial charge >= 0.3 is 0 Å². The number of hydrogen-bond donors (Lipinski definition) is 1. The summed E-state index contributed by atoms with van der Waals surface area (Å²) >= 11 is 0. The van der Waals surface area contributed by atoms with Crippen molar-refractivity contribution in [1.82, 2.24) is 4.57 Å². The number of nitriles is 1. The van der Waals surface area contributed by atoms with E-state index in [0.717, 1.165) is 0 Å². The fraction of sp³-hybridized carbons (Fsp3) is 0.211. The molecule has 0 aliphatic heterocycles. The summed E-state index contributed by atoms with van der Waals surface area (Å²) in [6, 6.07) is 9.49. The van der Waals surface area contributed by atoms with Crippen LogP contribution < -0.4 is 0 Å². The molecule has 3 aromatic rings. The first-order chi connectivity index (χ1) is 11.4. The van der Waals surface area contributed by atoms with Gasteiger partial charge in [0, 0.05) is 11.4 Å². The van der Waals surface area contributed by atoms with Crippen LogP contribution >= 0.6 is 0 Å². The van der Waals surface area contributed by atoms with Crippen LogP contribution in [0.4, 0.5) is 8.78 Å². The van der Waals surface area contributed by atoms with E-state index in [1.165, 1.54) is 12.1 Å². The number of fused-ring (bicyclic) bond motifs is 1. The SMILES string of the molecule is Cc1cc(-n2c(C(C)C)c(C#N)c3c(F)c(O)ccc32)ccc1F. The lowest BCUT2D eigenvalue weighted by molar-refractivity contribution is 0.436. The quantitative estimate of drug-likeness (QED) is 0.727. The van der Waals surface area contributed by atoms with Crippen LogP contribution in [0.15, 0.2) is 30.3 Å². The number of hydrogen-bond acceptors (Lipinski definition) is 2. The van der Waals surface area contributed by atoms with Gasteiger partial charge < -0.3 is 9.67 Å². The molecule has 1 N–H and O–H groups in total. The second-order valence-corrected chi connectivity index (χ2v) is 6.09. The summed E-state index contributed by atoms with van der Waals surface area (Å²) in [7, 11) is 0. The second kappa shape index (κ2) is 5.64. The summed E-state index contributed by atoms with van der Waals surface area (Å²) in [6.45, 7) is 5.45. The zero-order chi connectivity index (χ0) is 17.6. The van der Waals surface area contributed by atoms with E-state index in [-0.39, 0.29) is 22.7 Å². The number of aromatic hydroxyl groups is 1. The Morgan fingerprint density at radius 1 is 1.17 bits per heavy atom. The molecular formula is C19H16F2N2O. The third kappa shape index (κ3) is 2.23. The van der Waals surface area contributed by atoms with Crippen LogP contribution in [-0.2, 0) is 0 Å². The largest absolute Gasteiger partial charge is 0.505 e. The van der Waals surface area contributed by atoms with Crippen molar-refractivity contribution in [3.63, 3.8) is 0 Å². The van der Waals surface area contributed by atoms with Gasteiger partial charge in [0.25, 0.3) is 0 Å². The molecule has 0 saturated heterocycles. The Hall–Kier alpha value is -2.87. The molecule has 0 saturated carbocycles. The number of halogens is 2. The molecule has 2 aromatic carbocycles. The summed E-state index contributed by atoms with van der Waals surface area (Å²) in [6.07, 6.45) is 0. The van der Waals surface area contributed by atoms with Gasteiger partial charge in [-0.05, 0) is 48.7 Å². The van der Waals surface area contributed by atoms with Crippen molar-refractivity contribution >= 4 is 10.9 Å². The number of benzene rings is 2. The molecule has 0 aliphatic rings. The predicted octanol–water partition coefficient (Wildman–Crippen LogP) is 4.92. The Kier molecular flexibility index (Phi) is 3.76. The van der Waals surface area contributed by atoms with Crippen molar-refractivity contribution in [3.8, 4) is 17.5 Å². The zero-order valence-corrected chi connectivity index (χ0v) is 13.6. The van der Waals surface area contributed by atoms with Crippen LogP contribution in [0.1, 0.15) is 36.6 Å². The van der Waals surface area contributed by atoms with Gasteiger partial charge in [-0.25, -0.2) is 8.78 Å². The van der Waals surface area contributed by atoms with E-state index in [9.17, 15) is 19.1 Å². The molecule has 0 amide bonds. The first-order valence-corrected chi connectivity index (χ1v) is 7.59. The minimum Gasteiger partial charge on any atom is -0.505 e. The molecule has 5 heteroatoms. The number of aromatic nitrogens is 1. The normalized spacial score (nSPS) is 11.2. The summed E-state index contributed by atoms with van der Waals surface area (Å²) in [4.78, 5) is 0. The van der Waals surface area contributed by atoms with Gasteiger partial charge in [0.2, 0.25) is 0 Å². The van der Waals surface area contributed by atoms with Gasteiger partial charge in [-0.2, -0.15) is 5.26 Å². The van der Waals surface area contributed by atoms with Crippen LogP contribution in [0.2, 0.25) is 0 Å². The summed E-state index contributed by atoms with van der Waals surface area (Å²) in [5.41, 5.74) is 2.39. The molecule has 0 spiro atoms. The van der Waals surface area contributed by atoms with Crippen LogP contribution in [0.5, 0.6) is 5.75 Å². The van der Waals surface area contributed by atoms with E-state index in [4.69, 9.17) is 0 Å². The van der Waals surface area contributed by atoms with Gasteiger partial charge in [-0.3, -0.25) is 0 Å². The van der Waals surface area contributed by atoms with Crippen LogP contribution in [0.25, 0.3) is 16.6 Å². The van der Waals surface area contributed by atoms with E-state index >= 15 is 0 Å². The van der Waals surface area contributed by atoms with Crippen molar-refractivity contribution in [3.05, 3.63) is 58.8 Å². The Morgan fingerprint density at radius 2 is 1.88 bits per heavy atom. The highest BCUT2D eigenvalue weighted by molar-refractivity contribution is 5.91. The van der Waals surface area contributed by atoms with E-state index < -0.39 is 11.6 Å². The van der Waals surface area contributed by atoms with Crippen molar-refractivity contribution in [2.45, 2.75) is 26.7 Å². The standard InChI is InChI=1S/C19H16F2N2O/c1-10(2)19-13(9-22)17-15(6-7-16(24)18(17)21)23(19)12-4-5-14(20)11(3)8-12/h4-8,10,24H,1-3H3. The third-order valence-corrected chi connectivity index (χ3v) is 4.15. The maximum absolute atomic E-state index is 14.5. The van der Waals surface area contributed by atoms with E-state index in [1.807, 2.05) is 13.8 Å². The monoisotopic (exact) mass is 326 g/mol. The highest BCUT2D eigenvalue weighted by Crippen LogP contribution is 2.37. The molecule has 1 heterocycles. The van der Waals surface area contributed by atoms with Gasteiger partial charge in [-0.15, -0.1) is 0 Å². The van der Waals surface area contributed by atoms with E-state index in [1.54, 1.807) is 29.7 Å². The van der Waals surface area contributed by atoms with Gasteiger partial charge in [0.15, 0.2) is 11.6 Å². The molecule has 3 nitrogen and oxygen atoms in total. The maximum Gasteiger partial charge on any atom is 0.175 e. The zero-order valence-electron chi connectivity index (χ0n) is 13.6. The lowest BCUT2D eigenvalue weighted by Gasteiger charge is -2.14. The Morgan fingerprint density at radius 3 is 2.46 bits per heavy atom. The van der Waals surface area contributed by atoms with Crippen molar-refractivity contribution in [2.75, 3.05) is 0 Å². The first kappa shape index (κ1) is 16.0. The molecule has 24 heavy (non-hydrogen) atoms. The van der Waals surface area contributed by atoms with Crippen LogP contribution in [-0.4, -0.2) is 9.67 Å². The van der Waals surface area contributed by atoms with Crippen LogP contribution in [0, 0.1) is 29.9 Å². The molecule has 0 fully saturated rings. The Balaban J connectivity index is 2.51. The highest BCUT2D eigenvalue weighted by atomic mass is 19.1. The van der Waals surface area contributed by atoms with Crippen LogP contribution in [0.3, 0.4) is 0 Å². The minimum absolute atomic E-state index is 0.0704. The summed E-state index contributed by atoms with van der Waals surface area (Å²) < 4.78 is 29.9. The molecule has 1 aromatic heterocycles. The number of aryl methyl sites for hydroxylation is 1. The first-order valence-electron chi connectivity index (χ1n) is 7.59. The number of nitrogens with zero attached hydrogens (tertiary/aromatic N) is 2. The highest BCUT2D eigenvalue weighted by Gasteiger charge is 2.24. The van der Waals surface area contributed by atoms with Crippen molar-refractivity contribution < 1.29 is 13.9 Å². The topological polar surface area (TPSA) is 49.0 Å². The fourth-order valence-corrected chi connectivity index (χ4v) is 3.05. The molecule has 3 rings (SSSR count). The summed E-state index contributed by atoms with van der Waals surface area (Å²) in [5.74, 6) is -1.71. The molecule has 0 radical (unpaired) electrons. The number of phenolic OH excluding ortho intramolecular Hbond substituents is 1. The molecule has 0 atom stereocenters. The van der Waals surface area contributed by atoms with Crippen molar-refractivity contribution in [2.24, 2.45) is 0 Å². The second-order valence-electron chi connectivity index (χ2n) is 6.09. The van der Waals surface area contributed by atoms with E-state index in [2.05, 4.69) is 6.07 Å². The average Bonchev–Trinajstić information content (AvgIpc) is 2.88. The average molecular weight is 326 g/mol. The van der Waals surface area contributed by atoms with E-state index in [0.29, 0.717) is 22.5 Å². The van der Waals surface area contributed by atoms with Crippen molar-refractivity contribution in [1.29, 1.82) is 5.26 Å². The number of rotatable bonds is 2. The molecule has 122 valence electrons. The van der Waals surface area contributed by atoms with Gasteiger partial charge in [-0.1, -0.05) is 13.8 Å². The molecule has 0 unspecified atom stereocenters. The lowest BCUT2D eigenvalue weighted by Crippen LogP contribution is -2.04. The molecule has 0 bridgehead atoms. The fourth-order valence-electron chi connectivity index (χ4n) is 3.05. The Labute approximate surface area is 138 Å². The predicted molar refractivity (Wildman–Crippen MR) is 88.4 cm³/mol. The lowest BCUT2D eigenvalue weighted by atomic mass is 10.0. The third-order valence-electron chi connectivity index (χ3n) is 4.15. The van der Waals surface area contributed by atoms with Gasteiger partial charge in [0.1, 0.15) is 11.9 Å². The smallest absolute Gasteiger partial charge is 0.175 e. The minimum atomic E-state index is -0.816. The van der Waals surface area contributed by atoms with Gasteiger partial charge in [0.05, 0.1) is 16.5 Å². The summed E-state index contributed by atoms with van der Waals surface area (Å²) in [5, 5.41) is 19.3. The molecule has 0 aliphatic carbocycles. The number of phenols is 1. The maximum atomic E-state index is 14.5. The molecular weight excluding hydrogens is 310 g/mol. The Bertz CT molecular complexity index is 997.